The molecule has 0 atom stereocenters. The van der Waals surface area contributed by atoms with Gasteiger partial charge >= 0.3 is 0 Å². The second kappa shape index (κ2) is 11.9. The Labute approximate surface area is 198 Å². The third kappa shape index (κ3) is 8.45. The van der Waals surface area contributed by atoms with Crippen molar-refractivity contribution in [2.24, 2.45) is 10.4 Å². The van der Waals surface area contributed by atoms with Gasteiger partial charge in [-0.3, -0.25) is 4.99 Å². The summed E-state index contributed by atoms with van der Waals surface area (Å²) in [6, 6.07) is 6.46. The quantitative estimate of drug-likeness (QED) is 0.239. The maximum atomic E-state index is 11.4. The summed E-state index contributed by atoms with van der Waals surface area (Å²) in [7, 11) is -2.95. The van der Waals surface area contributed by atoms with Crippen molar-refractivity contribution in [3.05, 3.63) is 35.5 Å². The number of benzene rings is 1. The topological polar surface area (TPSA) is 86.3 Å². The molecule has 0 amide bonds. The normalized spacial score (nSPS) is 12.6. The summed E-state index contributed by atoms with van der Waals surface area (Å²) in [5.74, 6) is 0.966. The minimum atomic E-state index is -2.95. The highest BCUT2D eigenvalue weighted by atomic mass is 127. The van der Waals surface area contributed by atoms with E-state index in [1.54, 1.807) is 0 Å². The van der Waals surface area contributed by atoms with E-state index in [2.05, 4.69) is 65.8 Å². The Morgan fingerprint density at radius 3 is 2.53 bits per heavy atom. The van der Waals surface area contributed by atoms with Crippen molar-refractivity contribution in [3.8, 4) is 0 Å². The van der Waals surface area contributed by atoms with Gasteiger partial charge in [-0.05, 0) is 42.7 Å². The summed E-state index contributed by atoms with van der Waals surface area (Å²) in [5, 5.41) is 7.97. The van der Waals surface area contributed by atoms with Crippen molar-refractivity contribution in [1.82, 2.24) is 15.6 Å². The van der Waals surface area contributed by atoms with E-state index in [1.165, 1.54) is 28.3 Å². The number of hydrogen-bond donors (Lipinski definition) is 3. The van der Waals surface area contributed by atoms with Crippen molar-refractivity contribution in [2.45, 2.75) is 47.0 Å². The number of para-hydroxylation sites is 1. The predicted octanol–water partition coefficient (Wildman–Crippen LogP) is 3.91. The van der Waals surface area contributed by atoms with Crippen LogP contribution < -0.4 is 10.6 Å². The Balaban J connectivity index is 0.00000450. The predicted molar refractivity (Wildman–Crippen MR) is 139 cm³/mol. The van der Waals surface area contributed by atoms with E-state index in [0.29, 0.717) is 13.0 Å². The van der Waals surface area contributed by atoms with Gasteiger partial charge in [0.15, 0.2) is 5.96 Å². The summed E-state index contributed by atoms with van der Waals surface area (Å²) in [6.45, 7) is 10.5. The third-order valence-corrected chi connectivity index (χ3v) is 6.06. The zero-order chi connectivity index (χ0) is 21.5. The highest BCUT2D eigenvalue weighted by Gasteiger charge is 2.20. The maximum absolute atomic E-state index is 11.4. The SMILES string of the molecule is CCNC(=NCC(C)(C)CCS(C)(=O)=O)NCCc1c[nH]c2c(CC)cccc12.I. The van der Waals surface area contributed by atoms with Crippen molar-refractivity contribution in [1.29, 1.82) is 0 Å². The van der Waals surface area contributed by atoms with Crippen LogP contribution in [-0.4, -0.2) is 51.0 Å². The first-order valence-corrected chi connectivity index (χ1v) is 12.5. The largest absolute Gasteiger partial charge is 0.361 e. The fourth-order valence-corrected chi connectivity index (χ4v) is 4.19. The lowest BCUT2D eigenvalue weighted by molar-refractivity contribution is 0.365. The molecule has 170 valence electrons. The third-order valence-electron chi connectivity index (χ3n) is 5.11. The molecule has 0 saturated carbocycles. The fraction of sp³-hybridized carbons (Fsp3) is 0.591. The molecule has 1 heterocycles. The molecular weight excluding hydrogens is 511 g/mol. The Bertz CT molecular complexity index is 936. The molecule has 1 aromatic heterocycles. The van der Waals surface area contributed by atoms with Crippen LogP contribution in [0.5, 0.6) is 0 Å². The van der Waals surface area contributed by atoms with E-state index in [0.717, 1.165) is 31.9 Å². The number of guanidine groups is 1. The second-order valence-corrected chi connectivity index (χ2v) is 10.7. The van der Waals surface area contributed by atoms with E-state index in [1.807, 2.05) is 6.92 Å². The molecule has 0 saturated heterocycles. The molecule has 0 unspecified atom stereocenters. The smallest absolute Gasteiger partial charge is 0.191 e. The zero-order valence-corrected chi connectivity index (χ0v) is 22.0. The Kier molecular flexibility index (Phi) is 10.6. The van der Waals surface area contributed by atoms with Crippen LogP contribution in [0.3, 0.4) is 0 Å². The molecule has 8 heteroatoms. The van der Waals surface area contributed by atoms with Crippen LogP contribution in [0, 0.1) is 5.41 Å². The van der Waals surface area contributed by atoms with Gasteiger partial charge in [-0.1, -0.05) is 39.0 Å². The summed E-state index contributed by atoms with van der Waals surface area (Å²) < 4.78 is 22.9. The van der Waals surface area contributed by atoms with Crippen molar-refractivity contribution < 1.29 is 8.42 Å². The van der Waals surface area contributed by atoms with E-state index < -0.39 is 9.84 Å². The number of aryl methyl sites for hydroxylation is 1. The van der Waals surface area contributed by atoms with Gasteiger partial charge < -0.3 is 15.6 Å². The molecule has 30 heavy (non-hydrogen) atoms. The highest BCUT2D eigenvalue weighted by molar-refractivity contribution is 14.0. The number of aromatic amines is 1. The average molecular weight is 549 g/mol. The molecule has 0 spiro atoms. The number of aliphatic imine (C=N–C) groups is 1. The van der Waals surface area contributed by atoms with Gasteiger partial charge in [0.25, 0.3) is 0 Å². The fourth-order valence-electron chi connectivity index (χ4n) is 3.27. The van der Waals surface area contributed by atoms with E-state index in [9.17, 15) is 8.42 Å². The van der Waals surface area contributed by atoms with E-state index in [4.69, 9.17) is 0 Å². The Morgan fingerprint density at radius 2 is 1.90 bits per heavy atom. The maximum Gasteiger partial charge on any atom is 0.191 e. The van der Waals surface area contributed by atoms with Gasteiger partial charge in [0, 0.05) is 43.0 Å². The van der Waals surface area contributed by atoms with Crippen molar-refractivity contribution in [2.75, 3.05) is 31.6 Å². The van der Waals surface area contributed by atoms with Crippen LogP contribution in [-0.2, 0) is 22.7 Å². The number of nitrogens with one attached hydrogen (secondary N) is 3. The summed E-state index contributed by atoms with van der Waals surface area (Å²) in [5.41, 5.74) is 3.71. The molecule has 0 aliphatic carbocycles. The molecule has 6 nitrogen and oxygen atoms in total. The number of hydrogen-bond acceptors (Lipinski definition) is 3. The van der Waals surface area contributed by atoms with E-state index >= 15 is 0 Å². The minimum Gasteiger partial charge on any atom is -0.361 e. The summed E-state index contributed by atoms with van der Waals surface area (Å²) in [4.78, 5) is 8.11. The lowest BCUT2D eigenvalue weighted by atomic mass is 9.90. The lowest BCUT2D eigenvalue weighted by Gasteiger charge is -2.22. The van der Waals surface area contributed by atoms with Gasteiger partial charge in [0.1, 0.15) is 9.84 Å². The molecule has 0 bridgehead atoms. The standard InChI is InChI=1S/C22H36N4O2S.HI/c1-6-17-9-8-10-19-18(15-25-20(17)19)11-13-24-21(23-7-2)26-16-22(3,4)12-14-29(5,27)28;/h8-10,15,25H,6-7,11-14,16H2,1-5H3,(H2,23,24,26);1H. The monoisotopic (exact) mass is 548 g/mol. The number of rotatable bonds is 10. The average Bonchev–Trinajstić information content (AvgIpc) is 3.07. The van der Waals surface area contributed by atoms with Crippen molar-refractivity contribution in [3.63, 3.8) is 0 Å². The van der Waals surface area contributed by atoms with Crippen LogP contribution in [0.15, 0.2) is 29.4 Å². The molecule has 2 rings (SSSR count). The number of aromatic nitrogens is 1. The molecule has 3 N–H and O–H groups in total. The first kappa shape index (κ1) is 26.7. The molecule has 0 aliphatic heterocycles. The van der Waals surface area contributed by atoms with E-state index in [-0.39, 0.29) is 35.1 Å². The lowest BCUT2D eigenvalue weighted by Crippen LogP contribution is -2.39. The molecule has 2 aromatic rings. The molecule has 0 fully saturated rings. The molecule has 0 radical (unpaired) electrons. The van der Waals surface area contributed by atoms with Gasteiger partial charge in [0.2, 0.25) is 0 Å². The number of fused-ring (bicyclic) bond motifs is 1. The number of nitrogens with zero attached hydrogens (tertiary/aromatic N) is 1. The Hall–Kier alpha value is -1.29. The summed E-state index contributed by atoms with van der Waals surface area (Å²) >= 11 is 0. The van der Waals surface area contributed by atoms with Gasteiger partial charge in [-0.15, -0.1) is 24.0 Å². The first-order chi connectivity index (χ1) is 13.6. The van der Waals surface area contributed by atoms with Crippen LogP contribution in [0.4, 0.5) is 0 Å². The minimum absolute atomic E-state index is 0. The Morgan fingerprint density at radius 1 is 1.17 bits per heavy atom. The van der Waals surface area contributed by atoms with Gasteiger partial charge in [-0.25, -0.2) is 8.42 Å². The van der Waals surface area contributed by atoms with Crippen LogP contribution >= 0.6 is 24.0 Å². The highest BCUT2D eigenvalue weighted by Crippen LogP contribution is 2.23. The number of H-pyrrole nitrogens is 1. The zero-order valence-electron chi connectivity index (χ0n) is 18.8. The number of sulfone groups is 1. The van der Waals surface area contributed by atoms with Crippen LogP contribution in [0.1, 0.15) is 45.2 Å². The van der Waals surface area contributed by atoms with Gasteiger partial charge in [0.05, 0.1) is 5.75 Å². The van der Waals surface area contributed by atoms with Crippen LogP contribution in [0.2, 0.25) is 0 Å². The van der Waals surface area contributed by atoms with Gasteiger partial charge in [-0.2, -0.15) is 0 Å². The van der Waals surface area contributed by atoms with Crippen LogP contribution in [0.25, 0.3) is 10.9 Å². The molecule has 0 aliphatic rings. The first-order valence-electron chi connectivity index (χ1n) is 10.4. The van der Waals surface area contributed by atoms with Crippen molar-refractivity contribution >= 4 is 50.7 Å². The summed E-state index contributed by atoms with van der Waals surface area (Å²) in [6.07, 6.45) is 5.90. The number of halogens is 1. The second-order valence-electron chi connectivity index (χ2n) is 8.42. The molecular formula is C22H37IN4O2S. The molecule has 1 aromatic carbocycles.